The summed E-state index contributed by atoms with van der Waals surface area (Å²) in [7, 11) is 0. The number of amides is 3. The molecular formula is C23H21ClN2O7S. The molecule has 2 aromatic rings. The highest BCUT2D eigenvalue weighted by atomic mass is 35.5. The van der Waals surface area contributed by atoms with Crippen molar-refractivity contribution in [2.24, 2.45) is 0 Å². The average molecular weight is 505 g/mol. The first-order chi connectivity index (χ1) is 16.2. The molecule has 0 atom stereocenters. The number of carboxylic acid groups (broad SMARTS) is 1. The van der Waals surface area contributed by atoms with Gasteiger partial charge in [0.15, 0.2) is 18.1 Å². The highest BCUT2D eigenvalue weighted by Crippen LogP contribution is 2.39. The maximum atomic E-state index is 12.4. The number of carbonyl (C=O) groups excluding carboxylic acids is 3. The lowest BCUT2D eigenvalue weighted by Gasteiger charge is -2.14. The molecule has 0 radical (unpaired) electrons. The highest BCUT2D eigenvalue weighted by molar-refractivity contribution is 8.18. The van der Waals surface area contributed by atoms with Crippen LogP contribution in [-0.4, -0.2) is 52.8 Å². The van der Waals surface area contributed by atoms with Crippen LogP contribution in [0.4, 0.5) is 10.5 Å². The Labute approximate surface area is 204 Å². The monoisotopic (exact) mass is 504 g/mol. The van der Waals surface area contributed by atoms with Gasteiger partial charge >= 0.3 is 5.97 Å². The third kappa shape index (κ3) is 6.30. The Morgan fingerprint density at radius 1 is 1.18 bits per heavy atom. The minimum Gasteiger partial charge on any atom is -0.490 e. The van der Waals surface area contributed by atoms with E-state index in [9.17, 15) is 19.2 Å². The van der Waals surface area contributed by atoms with E-state index in [1.165, 1.54) is 12.1 Å². The van der Waals surface area contributed by atoms with E-state index in [0.717, 1.165) is 5.56 Å². The van der Waals surface area contributed by atoms with Gasteiger partial charge in [0.05, 0.1) is 16.5 Å². The van der Waals surface area contributed by atoms with E-state index in [4.69, 9.17) is 26.2 Å². The third-order valence-corrected chi connectivity index (χ3v) is 5.67. The molecule has 1 aliphatic rings. The summed E-state index contributed by atoms with van der Waals surface area (Å²) in [5.41, 5.74) is 2.13. The lowest BCUT2D eigenvalue weighted by atomic mass is 10.1. The Balaban J connectivity index is 1.76. The zero-order chi connectivity index (χ0) is 24.8. The molecule has 0 unspecified atom stereocenters. The predicted molar refractivity (Wildman–Crippen MR) is 128 cm³/mol. The van der Waals surface area contributed by atoms with Gasteiger partial charge in [0.1, 0.15) is 6.54 Å². The largest absolute Gasteiger partial charge is 0.490 e. The number of halogens is 1. The minimum absolute atomic E-state index is 0.0518. The predicted octanol–water partition coefficient (Wildman–Crippen LogP) is 4.19. The number of hydrogen-bond acceptors (Lipinski definition) is 7. The lowest BCUT2D eigenvalue weighted by Crippen LogP contribution is -2.33. The van der Waals surface area contributed by atoms with Crippen LogP contribution in [0.25, 0.3) is 6.08 Å². The maximum Gasteiger partial charge on any atom is 0.323 e. The van der Waals surface area contributed by atoms with Crippen molar-refractivity contribution in [2.45, 2.75) is 13.8 Å². The van der Waals surface area contributed by atoms with Crippen LogP contribution >= 0.6 is 23.4 Å². The standard InChI is InChI=1S/C23H21ClN2O7S/c1-3-32-17-9-14(10-18-22(30)26(11-20(28)29)23(31)34-18)8-16(24)21(17)33-12-19(27)25-15-6-4-13(2)5-7-15/h4-10H,3,11-12H2,1-2H3,(H,25,27)(H,28,29)/b18-10+. The molecule has 1 fully saturated rings. The number of nitrogens with one attached hydrogen (secondary N) is 1. The SMILES string of the molecule is CCOc1cc(/C=C2/SC(=O)N(CC(=O)O)C2=O)cc(Cl)c1OCC(=O)Nc1ccc(C)cc1. The van der Waals surface area contributed by atoms with Crippen molar-refractivity contribution in [3.8, 4) is 11.5 Å². The van der Waals surface area contributed by atoms with Crippen LogP contribution in [0.3, 0.4) is 0 Å². The number of ether oxygens (including phenoxy) is 2. The van der Waals surface area contributed by atoms with E-state index >= 15 is 0 Å². The molecule has 3 rings (SSSR count). The fourth-order valence-corrected chi connectivity index (χ4v) is 4.08. The molecule has 0 saturated carbocycles. The van der Waals surface area contributed by atoms with E-state index < -0.39 is 29.6 Å². The zero-order valence-corrected chi connectivity index (χ0v) is 19.9. The lowest BCUT2D eigenvalue weighted by molar-refractivity contribution is -0.140. The summed E-state index contributed by atoms with van der Waals surface area (Å²) in [6.45, 7) is 2.94. The molecule has 34 heavy (non-hydrogen) atoms. The fraction of sp³-hybridized carbons (Fsp3) is 0.217. The summed E-state index contributed by atoms with van der Waals surface area (Å²) < 4.78 is 11.2. The summed E-state index contributed by atoms with van der Waals surface area (Å²) in [5, 5.41) is 11.1. The molecule has 178 valence electrons. The molecule has 0 aliphatic carbocycles. The van der Waals surface area contributed by atoms with Gasteiger partial charge in [-0.15, -0.1) is 0 Å². The first-order valence-corrected chi connectivity index (χ1v) is 11.3. The molecule has 0 spiro atoms. The van der Waals surface area contributed by atoms with Gasteiger partial charge in [-0.25, -0.2) is 0 Å². The number of carbonyl (C=O) groups is 4. The normalized spacial score (nSPS) is 14.4. The van der Waals surface area contributed by atoms with Crippen LogP contribution in [0.5, 0.6) is 11.5 Å². The van der Waals surface area contributed by atoms with Crippen LogP contribution in [0.1, 0.15) is 18.1 Å². The number of nitrogens with zero attached hydrogens (tertiary/aromatic N) is 1. The van der Waals surface area contributed by atoms with Gasteiger partial charge in [0.2, 0.25) is 0 Å². The van der Waals surface area contributed by atoms with Crippen molar-refractivity contribution < 1.29 is 33.8 Å². The number of aliphatic carboxylic acids is 1. The molecule has 9 nitrogen and oxygen atoms in total. The number of imide groups is 1. The quantitative estimate of drug-likeness (QED) is 0.487. The van der Waals surface area contributed by atoms with E-state index in [1.54, 1.807) is 25.1 Å². The van der Waals surface area contributed by atoms with Gasteiger partial charge in [0.25, 0.3) is 17.1 Å². The number of benzene rings is 2. The van der Waals surface area contributed by atoms with Gasteiger partial charge in [-0.05, 0) is 61.5 Å². The Morgan fingerprint density at radius 2 is 1.88 bits per heavy atom. The molecule has 0 bridgehead atoms. The minimum atomic E-state index is -1.29. The summed E-state index contributed by atoms with van der Waals surface area (Å²) in [6.07, 6.45) is 1.41. The molecule has 0 aromatic heterocycles. The Hall–Kier alpha value is -3.50. The molecule has 3 amide bonds. The van der Waals surface area contributed by atoms with E-state index in [0.29, 0.717) is 27.9 Å². The smallest absolute Gasteiger partial charge is 0.323 e. The number of carboxylic acids is 1. The van der Waals surface area contributed by atoms with Gasteiger partial charge in [-0.1, -0.05) is 29.3 Å². The summed E-state index contributed by atoms with van der Waals surface area (Å²) in [5.74, 6) is -2.00. The maximum absolute atomic E-state index is 12.4. The van der Waals surface area contributed by atoms with Gasteiger partial charge in [-0.3, -0.25) is 24.1 Å². The number of rotatable bonds is 9. The summed E-state index contributed by atoms with van der Waals surface area (Å²) in [4.78, 5) is 48.2. The summed E-state index contributed by atoms with van der Waals surface area (Å²) >= 11 is 7.00. The zero-order valence-electron chi connectivity index (χ0n) is 18.3. The number of thioether (sulfide) groups is 1. The molecule has 2 aromatic carbocycles. The topological polar surface area (TPSA) is 122 Å². The molecule has 2 N–H and O–H groups in total. The van der Waals surface area contributed by atoms with Gasteiger partial charge < -0.3 is 19.9 Å². The van der Waals surface area contributed by atoms with Crippen molar-refractivity contribution in [1.29, 1.82) is 0 Å². The van der Waals surface area contributed by atoms with Crippen LogP contribution in [-0.2, 0) is 14.4 Å². The molecule has 1 aliphatic heterocycles. The molecular weight excluding hydrogens is 484 g/mol. The Bertz CT molecular complexity index is 1160. The number of anilines is 1. The second-order valence-corrected chi connectivity index (χ2v) is 8.53. The summed E-state index contributed by atoms with van der Waals surface area (Å²) in [6, 6.07) is 10.3. The van der Waals surface area contributed by atoms with E-state index in [-0.39, 0.29) is 34.6 Å². The van der Waals surface area contributed by atoms with Crippen LogP contribution < -0.4 is 14.8 Å². The number of aryl methyl sites for hydroxylation is 1. The van der Waals surface area contributed by atoms with Crippen molar-refractivity contribution in [3.63, 3.8) is 0 Å². The van der Waals surface area contributed by atoms with Crippen molar-refractivity contribution in [2.75, 3.05) is 25.1 Å². The first kappa shape index (κ1) is 25.1. The van der Waals surface area contributed by atoms with Gasteiger partial charge in [0, 0.05) is 5.69 Å². The molecule has 1 heterocycles. The molecule has 1 saturated heterocycles. The van der Waals surface area contributed by atoms with Crippen molar-refractivity contribution in [1.82, 2.24) is 4.90 Å². The van der Waals surface area contributed by atoms with Crippen molar-refractivity contribution >= 4 is 58.1 Å². The second-order valence-electron chi connectivity index (χ2n) is 7.13. The average Bonchev–Trinajstić information content (AvgIpc) is 3.02. The fourth-order valence-electron chi connectivity index (χ4n) is 2.97. The van der Waals surface area contributed by atoms with Crippen LogP contribution in [0, 0.1) is 6.92 Å². The van der Waals surface area contributed by atoms with Crippen molar-refractivity contribution in [3.05, 3.63) is 57.5 Å². The van der Waals surface area contributed by atoms with E-state index in [2.05, 4.69) is 5.32 Å². The second kappa shape index (κ2) is 11.1. The highest BCUT2D eigenvalue weighted by Gasteiger charge is 2.36. The third-order valence-electron chi connectivity index (χ3n) is 4.48. The molecule has 11 heteroatoms. The van der Waals surface area contributed by atoms with Gasteiger partial charge in [-0.2, -0.15) is 0 Å². The number of hydrogen-bond donors (Lipinski definition) is 2. The Kier molecular flexibility index (Phi) is 8.19. The Morgan fingerprint density at radius 3 is 2.53 bits per heavy atom. The van der Waals surface area contributed by atoms with E-state index in [1.807, 2.05) is 19.1 Å². The van der Waals surface area contributed by atoms with Crippen LogP contribution in [0.2, 0.25) is 5.02 Å². The van der Waals surface area contributed by atoms with Crippen LogP contribution in [0.15, 0.2) is 41.3 Å². The first-order valence-electron chi connectivity index (χ1n) is 10.1.